The van der Waals surface area contributed by atoms with Crippen LogP contribution in [0.25, 0.3) is 0 Å². The van der Waals surface area contributed by atoms with Crippen molar-refractivity contribution < 1.29 is 9.63 Å². The molecular formula is C19H27NO2. The van der Waals surface area contributed by atoms with Gasteiger partial charge in [-0.2, -0.15) is 0 Å². The van der Waals surface area contributed by atoms with Crippen molar-refractivity contribution in [2.75, 3.05) is 0 Å². The van der Waals surface area contributed by atoms with E-state index >= 15 is 0 Å². The number of rotatable bonds is 4. The third-order valence-corrected chi connectivity index (χ3v) is 5.07. The van der Waals surface area contributed by atoms with Crippen LogP contribution in [-0.2, 0) is 4.84 Å². The van der Waals surface area contributed by atoms with Crippen LogP contribution in [0.1, 0.15) is 74.6 Å². The molecule has 120 valence electrons. The largest absolute Gasteiger partial charge is 0.363 e. The fourth-order valence-corrected chi connectivity index (χ4v) is 3.84. The number of benzene rings is 1. The van der Waals surface area contributed by atoms with Crippen molar-refractivity contribution in [3.05, 3.63) is 35.9 Å². The summed E-state index contributed by atoms with van der Waals surface area (Å²) >= 11 is 0. The van der Waals surface area contributed by atoms with E-state index in [1.54, 1.807) is 0 Å². The smallest absolute Gasteiger partial charge is 0.357 e. The first-order chi connectivity index (χ1) is 10.8. The van der Waals surface area contributed by atoms with Crippen molar-refractivity contribution in [1.29, 1.82) is 0 Å². The Bertz CT molecular complexity index is 444. The Morgan fingerprint density at radius 1 is 0.818 bits per heavy atom. The lowest BCUT2D eigenvalue weighted by Gasteiger charge is -2.39. The first kappa shape index (κ1) is 15.5. The third kappa shape index (κ3) is 3.89. The Balaban J connectivity index is 1.71. The van der Waals surface area contributed by atoms with E-state index in [1.807, 2.05) is 30.3 Å². The monoisotopic (exact) mass is 301 g/mol. The number of hydrogen-bond acceptors (Lipinski definition) is 3. The minimum atomic E-state index is -0.197. The Hall–Kier alpha value is -1.35. The molecule has 3 nitrogen and oxygen atoms in total. The summed E-state index contributed by atoms with van der Waals surface area (Å²) in [4.78, 5) is 18.4. The van der Waals surface area contributed by atoms with Gasteiger partial charge in [0.1, 0.15) is 0 Å². The highest BCUT2D eigenvalue weighted by atomic mass is 16.7. The fraction of sp³-hybridized carbons (Fsp3) is 0.632. The van der Waals surface area contributed by atoms with Crippen LogP contribution in [-0.4, -0.2) is 23.1 Å². The number of carbonyl (C=O) groups is 1. The van der Waals surface area contributed by atoms with Gasteiger partial charge in [-0.3, -0.25) is 0 Å². The molecule has 0 amide bonds. The van der Waals surface area contributed by atoms with Crippen molar-refractivity contribution in [1.82, 2.24) is 5.06 Å². The first-order valence-electron chi connectivity index (χ1n) is 8.90. The average Bonchev–Trinajstić information content (AvgIpc) is 2.62. The lowest BCUT2D eigenvalue weighted by Crippen LogP contribution is -2.46. The highest BCUT2D eigenvalue weighted by Crippen LogP contribution is 2.30. The molecule has 2 aliphatic carbocycles. The van der Waals surface area contributed by atoms with Gasteiger partial charge in [0.25, 0.3) is 0 Å². The zero-order chi connectivity index (χ0) is 15.2. The molecular weight excluding hydrogens is 274 g/mol. The summed E-state index contributed by atoms with van der Waals surface area (Å²) in [5.41, 5.74) is 0.652. The maximum absolute atomic E-state index is 12.5. The highest BCUT2D eigenvalue weighted by molar-refractivity contribution is 5.89. The molecule has 0 atom stereocenters. The van der Waals surface area contributed by atoms with Crippen molar-refractivity contribution in [3.63, 3.8) is 0 Å². The second kappa shape index (κ2) is 7.77. The topological polar surface area (TPSA) is 29.5 Å². The molecule has 0 saturated heterocycles. The van der Waals surface area contributed by atoms with Crippen LogP contribution in [0.5, 0.6) is 0 Å². The van der Waals surface area contributed by atoms with E-state index in [0.717, 1.165) is 0 Å². The Morgan fingerprint density at radius 2 is 1.32 bits per heavy atom. The number of nitrogens with zero attached hydrogens (tertiary/aromatic N) is 1. The van der Waals surface area contributed by atoms with Gasteiger partial charge in [-0.1, -0.05) is 56.7 Å². The van der Waals surface area contributed by atoms with Crippen LogP contribution in [0.3, 0.4) is 0 Å². The average molecular weight is 301 g/mol. The van der Waals surface area contributed by atoms with Gasteiger partial charge in [-0.25, -0.2) is 4.79 Å². The summed E-state index contributed by atoms with van der Waals surface area (Å²) in [6.45, 7) is 0. The van der Waals surface area contributed by atoms with Gasteiger partial charge < -0.3 is 4.84 Å². The van der Waals surface area contributed by atoms with Crippen molar-refractivity contribution in [2.45, 2.75) is 76.3 Å². The number of hydroxylamine groups is 2. The van der Waals surface area contributed by atoms with E-state index in [4.69, 9.17) is 4.84 Å². The van der Waals surface area contributed by atoms with Crippen molar-refractivity contribution in [2.24, 2.45) is 0 Å². The molecule has 3 rings (SSSR count). The molecule has 0 N–H and O–H groups in total. The molecule has 2 aliphatic rings. The van der Waals surface area contributed by atoms with Crippen LogP contribution < -0.4 is 0 Å². The van der Waals surface area contributed by atoms with Gasteiger partial charge in [-0.15, -0.1) is 5.06 Å². The molecule has 2 saturated carbocycles. The van der Waals surface area contributed by atoms with Crippen molar-refractivity contribution >= 4 is 5.97 Å². The van der Waals surface area contributed by atoms with E-state index < -0.39 is 0 Å². The number of hydrogen-bond donors (Lipinski definition) is 0. The van der Waals surface area contributed by atoms with Crippen LogP contribution in [0, 0.1) is 0 Å². The summed E-state index contributed by atoms with van der Waals surface area (Å²) in [6, 6.07) is 10.2. The predicted octanol–water partition coefficient (Wildman–Crippen LogP) is 4.73. The summed E-state index contributed by atoms with van der Waals surface area (Å²) in [6.07, 6.45) is 12.3. The molecule has 0 heterocycles. The lowest BCUT2D eigenvalue weighted by molar-refractivity contribution is -0.178. The van der Waals surface area contributed by atoms with Gasteiger partial charge in [0.05, 0.1) is 5.56 Å². The predicted molar refractivity (Wildman–Crippen MR) is 87.4 cm³/mol. The lowest BCUT2D eigenvalue weighted by atomic mass is 9.90. The van der Waals surface area contributed by atoms with Gasteiger partial charge in [0, 0.05) is 12.1 Å². The van der Waals surface area contributed by atoms with Gasteiger partial charge in [-0.05, 0) is 37.8 Å². The number of carbonyl (C=O) groups excluding carboxylic acids is 1. The molecule has 1 aromatic rings. The Labute approximate surface area is 133 Å². The Morgan fingerprint density at radius 3 is 1.82 bits per heavy atom. The first-order valence-corrected chi connectivity index (χ1v) is 8.90. The molecule has 3 heteroatoms. The molecule has 22 heavy (non-hydrogen) atoms. The molecule has 0 unspecified atom stereocenters. The van der Waals surface area contributed by atoms with E-state index in [1.165, 1.54) is 64.2 Å². The minimum absolute atomic E-state index is 0.197. The zero-order valence-corrected chi connectivity index (χ0v) is 13.4. The van der Waals surface area contributed by atoms with E-state index in [2.05, 4.69) is 5.06 Å². The fourth-order valence-electron chi connectivity index (χ4n) is 3.84. The Kier molecular flexibility index (Phi) is 5.49. The highest BCUT2D eigenvalue weighted by Gasteiger charge is 2.32. The molecule has 0 spiro atoms. The molecule has 0 aromatic heterocycles. The van der Waals surface area contributed by atoms with E-state index in [9.17, 15) is 4.79 Å². The molecule has 0 aliphatic heterocycles. The maximum Gasteiger partial charge on any atom is 0.357 e. The zero-order valence-electron chi connectivity index (χ0n) is 13.4. The molecule has 0 bridgehead atoms. The van der Waals surface area contributed by atoms with Crippen LogP contribution >= 0.6 is 0 Å². The second-order valence-corrected chi connectivity index (χ2v) is 6.69. The van der Waals surface area contributed by atoms with Gasteiger partial charge in [0.2, 0.25) is 0 Å². The summed E-state index contributed by atoms with van der Waals surface area (Å²) < 4.78 is 0. The SMILES string of the molecule is O=C(ON(C1CCCCC1)C1CCCCC1)c1ccccc1. The van der Waals surface area contributed by atoms with Crippen LogP contribution in [0.15, 0.2) is 30.3 Å². The van der Waals surface area contributed by atoms with Crippen molar-refractivity contribution in [3.8, 4) is 0 Å². The second-order valence-electron chi connectivity index (χ2n) is 6.69. The molecule has 2 fully saturated rings. The minimum Gasteiger partial charge on any atom is -0.363 e. The summed E-state index contributed by atoms with van der Waals surface area (Å²) in [5, 5.41) is 2.09. The summed E-state index contributed by atoms with van der Waals surface area (Å²) in [5.74, 6) is -0.197. The quantitative estimate of drug-likeness (QED) is 0.753. The van der Waals surface area contributed by atoms with E-state index in [0.29, 0.717) is 17.6 Å². The summed E-state index contributed by atoms with van der Waals surface area (Å²) in [7, 11) is 0. The molecule has 1 aromatic carbocycles. The third-order valence-electron chi connectivity index (χ3n) is 5.07. The molecule has 0 radical (unpaired) electrons. The normalized spacial score (nSPS) is 21.0. The van der Waals surface area contributed by atoms with E-state index in [-0.39, 0.29) is 5.97 Å². The standard InChI is InChI=1S/C19H27NO2/c21-19(16-10-4-1-5-11-16)22-20(17-12-6-2-7-13-17)18-14-8-3-9-15-18/h1,4-5,10-11,17-18H,2-3,6-9,12-15H2. The van der Waals surface area contributed by atoms with Gasteiger partial charge in [0.15, 0.2) is 0 Å². The maximum atomic E-state index is 12.5. The van der Waals surface area contributed by atoms with Gasteiger partial charge >= 0.3 is 5.97 Å². The van der Waals surface area contributed by atoms with Crippen LogP contribution in [0.4, 0.5) is 0 Å². The van der Waals surface area contributed by atoms with Crippen LogP contribution in [0.2, 0.25) is 0 Å².